The number of pyridine rings is 3. The maximum Gasteiger partial charge on any atom is 0.251 e. The molecule has 1 saturated heterocycles. The summed E-state index contributed by atoms with van der Waals surface area (Å²) in [4.78, 5) is 27.0. The number of H-pyrrole nitrogens is 1. The topological polar surface area (TPSA) is 88.9 Å². The third-order valence-electron chi connectivity index (χ3n) is 5.00. The van der Waals surface area contributed by atoms with Crippen molar-refractivity contribution in [1.29, 1.82) is 5.26 Å². The Bertz CT molecular complexity index is 1130. The number of nitriles is 1. The number of anilines is 1. The fourth-order valence-electron chi connectivity index (χ4n) is 3.44. The molecule has 0 unspecified atom stereocenters. The van der Waals surface area contributed by atoms with Crippen LogP contribution in [0.3, 0.4) is 0 Å². The molecule has 3 aromatic heterocycles. The van der Waals surface area contributed by atoms with Gasteiger partial charge in [-0.3, -0.25) is 14.7 Å². The second-order valence-electron chi connectivity index (χ2n) is 6.94. The number of aromatic amines is 1. The maximum absolute atomic E-state index is 14.1. The second kappa shape index (κ2) is 7.37. The Kier molecular flexibility index (Phi) is 4.75. The van der Waals surface area contributed by atoms with E-state index in [1.54, 1.807) is 19.1 Å². The number of aromatic nitrogens is 3. The third kappa shape index (κ3) is 3.57. The van der Waals surface area contributed by atoms with Gasteiger partial charge in [0.05, 0.1) is 16.7 Å². The molecule has 3 aromatic rings. The average Bonchev–Trinajstić information content (AvgIpc) is 2.70. The lowest BCUT2D eigenvalue weighted by Crippen LogP contribution is -2.46. The van der Waals surface area contributed by atoms with Gasteiger partial charge in [-0.05, 0) is 36.8 Å². The van der Waals surface area contributed by atoms with Crippen LogP contribution in [0.15, 0.2) is 35.3 Å². The SMILES string of the molecule is Cc1cc2ncc(CN3CCN(c4ccc(C#N)nc4F)CC3)cc2[nH]c1=O. The average molecular weight is 378 g/mol. The van der Waals surface area contributed by atoms with Gasteiger partial charge < -0.3 is 9.88 Å². The fraction of sp³-hybridized carbons (Fsp3) is 0.300. The van der Waals surface area contributed by atoms with Crippen LogP contribution in [0.5, 0.6) is 0 Å². The number of fused-ring (bicyclic) bond motifs is 1. The van der Waals surface area contributed by atoms with Crippen molar-refractivity contribution < 1.29 is 4.39 Å². The molecule has 8 heteroatoms. The molecule has 0 aliphatic carbocycles. The zero-order valence-corrected chi connectivity index (χ0v) is 15.4. The minimum Gasteiger partial charge on any atom is -0.365 e. The third-order valence-corrected chi connectivity index (χ3v) is 5.00. The van der Waals surface area contributed by atoms with E-state index in [0.717, 1.165) is 29.7 Å². The number of aryl methyl sites for hydroxylation is 1. The highest BCUT2D eigenvalue weighted by Gasteiger charge is 2.20. The predicted molar refractivity (Wildman–Crippen MR) is 104 cm³/mol. The summed E-state index contributed by atoms with van der Waals surface area (Å²) in [7, 11) is 0. The molecule has 0 radical (unpaired) electrons. The Morgan fingerprint density at radius 3 is 2.75 bits per heavy atom. The van der Waals surface area contributed by atoms with Gasteiger partial charge in [0.1, 0.15) is 11.8 Å². The normalized spacial score (nSPS) is 15.0. The van der Waals surface area contributed by atoms with Gasteiger partial charge in [-0.15, -0.1) is 0 Å². The number of nitrogens with zero attached hydrogens (tertiary/aromatic N) is 5. The van der Waals surface area contributed by atoms with Crippen molar-refractivity contribution in [3.8, 4) is 6.07 Å². The van der Waals surface area contributed by atoms with E-state index in [1.165, 1.54) is 6.07 Å². The minimum absolute atomic E-state index is 0.0805. The van der Waals surface area contributed by atoms with Gasteiger partial charge in [0, 0.05) is 44.5 Å². The smallest absolute Gasteiger partial charge is 0.251 e. The highest BCUT2D eigenvalue weighted by molar-refractivity contribution is 5.74. The van der Waals surface area contributed by atoms with E-state index in [9.17, 15) is 9.18 Å². The Morgan fingerprint density at radius 1 is 1.25 bits per heavy atom. The number of rotatable bonds is 3. The molecule has 28 heavy (non-hydrogen) atoms. The summed E-state index contributed by atoms with van der Waals surface area (Å²) in [5.41, 5.74) is 3.58. The number of hydrogen-bond donors (Lipinski definition) is 1. The lowest BCUT2D eigenvalue weighted by atomic mass is 10.2. The molecule has 7 nitrogen and oxygen atoms in total. The zero-order valence-electron chi connectivity index (χ0n) is 15.4. The van der Waals surface area contributed by atoms with E-state index in [-0.39, 0.29) is 11.3 Å². The molecule has 142 valence electrons. The first kappa shape index (κ1) is 18.1. The van der Waals surface area contributed by atoms with E-state index >= 15 is 0 Å². The van der Waals surface area contributed by atoms with Crippen LogP contribution in [-0.4, -0.2) is 46.0 Å². The number of nitrogens with one attached hydrogen (secondary N) is 1. The van der Waals surface area contributed by atoms with Crippen molar-refractivity contribution >= 4 is 16.7 Å². The summed E-state index contributed by atoms with van der Waals surface area (Å²) in [6.07, 6.45) is 1.83. The van der Waals surface area contributed by atoms with Crippen molar-refractivity contribution in [1.82, 2.24) is 19.9 Å². The first-order valence-corrected chi connectivity index (χ1v) is 9.06. The number of halogens is 1. The molecule has 1 aliphatic rings. The molecule has 1 aliphatic heterocycles. The van der Waals surface area contributed by atoms with Crippen LogP contribution >= 0.6 is 0 Å². The Balaban J connectivity index is 1.43. The molecule has 0 atom stereocenters. The van der Waals surface area contributed by atoms with Crippen molar-refractivity contribution in [2.24, 2.45) is 0 Å². The van der Waals surface area contributed by atoms with Gasteiger partial charge in [-0.1, -0.05) is 0 Å². The van der Waals surface area contributed by atoms with Gasteiger partial charge in [-0.25, -0.2) is 4.98 Å². The largest absolute Gasteiger partial charge is 0.365 e. The Morgan fingerprint density at radius 2 is 2.04 bits per heavy atom. The quantitative estimate of drug-likeness (QED) is 0.701. The highest BCUT2D eigenvalue weighted by atomic mass is 19.1. The number of hydrogen-bond acceptors (Lipinski definition) is 6. The summed E-state index contributed by atoms with van der Waals surface area (Å²) in [5.74, 6) is -0.606. The molecular formula is C20H19FN6O. The molecule has 0 spiro atoms. The fourth-order valence-corrected chi connectivity index (χ4v) is 3.44. The van der Waals surface area contributed by atoms with Crippen molar-refractivity contribution in [3.63, 3.8) is 0 Å². The van der Waals surface area contributed by atoms with Crippen molar-refractivity contribution in [2.45, 2.75) is 13.5 Å². The summed E-state index contributed by atoms with van der Waals surface area (Å²) < 4.78 is 14.1. The molecule has 4 rings (SSSR count). The van der Waals surface area contributed by atoms with Gasteiger partial charge in [0.25, 0.3) is 5.56 Å². The molecule has 1 N–H and O–H groups in total. The monoisotopic (exact) mass is 378 g/mol. The van der Waals surface area contributed by atoms with Gasteiger partial charge in [0.2, 0.25) is 5.95 Å². The van der Waals surface area contributed by atoms with Gasteiger partial charge >= 0.3 is 0 Å². The van der Waals surface area contributed by atoms with E-state index in [0.29, 0.717) is 30.9 Å². The van der Waals surface area contributed by atoms with Gasteiger partial charge in [0.15, 0.2) is 0 Å². The molecule has 0 saturated carbocycles. The summed E-state index contributed by atoms with van der Waals surface area (Å²) in [6, 6.07) is 8.74. The van der Waals surface area contributed by atoms with Crippen molar-refractivity contribution in [2.75, 3.05) is 31.1 Å². The van der Waals surface area contributed by atoms with Crippen LogP contribution in [0, 0.1) is 24.2 Å². The first-order valence-electron chi connectivity index (χ1n) is 9.06. The Hall–Kier alpha value is -3.31. The standard InChI is InChI=1S/C20H19FN6O/c1-13-8-16-17(25-20(13)28)9-14(11-23-16)12-26-4-6-27(7-5-26)18-3-2-15(10-22)24-19(18)21/h2-3,8-9,11H,4-7,12H2,1H3,(H,25,28). The van der Waals surface area contributed by atoms with Crippen LogP contribution in [0.2, 0.25) is 0 Å². The number of piperazine rings is 1. The zero-order chi connectivity index (χ0) is 19.7. The van der Waals surface area contributed by atoms with Crippen LogP contribution in [0.4, 0.5) is 10.1 Å². The molecule has 0 amide bonds. The highest BCUT2D eigenvalue weighted by Crippen LogP contribution is 2.20. The first-order chi connectivity index (χ1) is 13.5. The molecule has 0 bridgehead atoms. The second-order valence-corrected chi connectivity index (χ2v) is 6.94. The molecular weight excluding hydrogens is 359 g/mol. The van der Waals surface area contributed by atoms with E-state index in [2.05, 4.69) is 19.9 Å². The molecule has 1 fully saturated rings. The predicted octanol–water partition coefficient (Wildman–Crippen LogP) is 1.96. The Labute approximate surface area is 161 Å². The van der Waals surface area contributed by atoms with E-state index in [4.69, 9.17) is 5.26 Å². The lowest BCUT2D eigenvalue weighted by Gasteiger charge is -2.36. The van der Waals surface area contributed by atoms with Crippen molar-refractivity contribution in [3.05, 3.63) is 63.6 Å². The van der Waals surface area contributed by atoms with Crippen LogP contribution < -0.4 is 10.5 Å². The van der Waals surface area contributed by atoms with E-state index in [1.807, 2.05) is 23.2 Å². The van der Waals surface area contributed by atoms with Crippen LogP contribution in [0.1, 0.15) is 16.8 Å². The summed E-state index contributed by atoms with van der Waals surface area (Å²) >= 11 is 0. The lowest BCUT2D eigenvalue weighted by molar-refractivity contribution is 0.249. The molecule has 0 aromatic carbocycles. The van der Waals surface area contributed by atoms with Crippen LogP contribution in [-0.2, 0) is 6.54 Å². The van der Waals surface area contributed by atoms with E-state index < -0.39 is 5.95 Å². The summed E-state index contributed by atoms with van der Waals surface area (Å²) in [6.45, 7) is 5.34. The summed E-state index contributed by atoms with van der Waals surface area (Å²) in [5, 5.41) is 8.81. The van der Waals surface area contributed by atoms with Gasteiger partial charge in [-0.2, -0.15) is 9.65 Å². The minimum atomic E-state index is -0.606. The maximum atomic E-state index is 14.1. The van der Waals surface area contributed by atoms with Crippen LogP contribution in [0.25, 0.3) is 11.0 Å². The molecule has 4 heterocycles.